The van der Waals surface area contributed by atoms with E-state index >= 15 is 0 Å². The number of para-hydroxylation sites is 1. The molecule has 0 aromatic heterocycles. The van der Waals surface area contributed by atoms with E-state index in [2.05, 4.69) is 37.4 Å². The molecular weight excluding hydrogens is 262 g/mol. The minimum Gasteiger partial charge on any atom is -0.487 e. The van der Waals surface area contributed by atoms with Crippen LogP contribution < -0.4 is 10.1 Å². The van der Waals surface area contributed by atoms with Crippen molar-refractivity contribution in [1.29, 1.82) is 0 Å². The van der Waals surface area contributed by atoms with Gasteiger partial charge in [0.15, 0.2) is 0 Å². The van der Waals surface area contributed by atoms with Gasteiger partial charge in [0, 0.05) is 24.1 Å². The van der Waals surface area contributed by atoms with Crippen LogP contribution in [0.25, 0.3) is 0 Å². The number of benzene rings is 1. The van der Waals surface area contributed by atoms with Gasteiger partial charge >= 0.3 is 0 Å². The molecule has 0 amide bonds. The molecule has 21 heavy (non-hydrogen) atoms. The Balaban J connectivity index is 1.80. The Morgan fingerprint density at radius 1 is 1.14 bits per heavy atom. The molecule has 3 heteroatoms. The van der Waals surface area contributed by atoms with E-state index in [9.17, 15) is 5.11 Å². The predicted molar refractivity (Wildman–Crippen MR) is 84.5 cm³/mol. The normalized spacial score (nSPS) is 31.9. The van der Waals surface area contributed by atoms with Gasteiger partial charge < -0.3 is 15.2 Å². The lowest BCUT2D eigenvalue weighted by molar-refractivity contribution is 0.0519. The van der Waals surface area contributed by atoms with Crippen LogP contribution in [0.15, 0.2) is 24.3 Å². The van der Waals surface area contributed by atoms with E-state index < -0.39 is 0 Å². The van der Waals surface area contributed by atoms with E-state index in [0.717, 1.165) is 31.4 Å². The van der Waals surface area contributed by atoms with E-state index in [1.807, 2.05) is 6.07 Å². The van der Waals surface area contributed by atoms with Crippen LogP contribution in [0.4, 0.5) is 0 Å². The molecule has 1 aliphatic heterocycles. The Morgan fingerprint density at radius 3 is 2.76 bits per heavy atom. The molecule has 1 aliphatic carbocycles. The molecule has 0 saturated heterocycles. The van der Waals surface area contributed by atoms with Crippen molar-refractivity contribution in [3.8, 4) is 5.75 Å². The summed E-state index contributed by atoms with van der Waals surface area (Å²) < 4.78 is 6.09. The van der Waals surface area contributed by atoms with Gasteiger partial charge in [0.2, 0.25) is 0 Å². The Bertz CT molecular complexity index is 486. The maximum atomic E-state index is 10.4. The second-order valence-corrected chi connectivity index (χ2v) is 7.13. The topological polar surface area (TPSA) is 41.5 Å². The zero-order valence-corrected chi connectivity index (χ0v) is 13.1. The Morgan fingerprint density at radius 2 is 1.90 bits per heavy atom. The predicted octanol–water partition coefficient (Wildman–Crippen LogP) is 3.57. The molecule has 1 heterocycles. The summed E-state index contributed by atoms with van der Waals surface area (Å²) >= 11 is 0. The molecule has 1 aromatic carbocycles. The average molecular weight is 289 g/mol. The van der Waals surface area contributed by atoms with Gasteiger partial charge in [0.25, 0.3) is 0 Å². The lowest BCUT2D eigenvalue weighted by Crippen LogP contribution is -2.46. The molecule has 3 atom stereocenters. The number of fused-ring (bicyclic) bond motifs is 1. The minimum atomic E-state index is -0.217. The van der Waals surface area contributed by atoms with Crippen LogP contribution in [-0.2, 0) is 0 Å². The van der Waals surface area contributed by atoms with Gasteiger partial charge in [-0.05, 0) is 32.8 Å². The van der Waals surface area contributed by atoms with Gasteiger partial charge in [0.05, 0.1) is 6.10 Å². The molecule has 1 aromatic rings. The van der Waals surface area contributed by atoms with E-state index in [-0.39, 0.29) is 23.8 Å². The zero-order valence-electron chi connectivity index (χ0n) is 13.1. The molecule has 3 unspecified atom stereocenters. The highest BCUT2D eigenvalue weighted by atomic mass is 16.5. The first-order valence-electron chi connectivity index (χ1n) is 8.27. The SMILES string of the molecule is CC1(C)CC(NC2CCCCCC2O)c2ccccc2O1. The summed E-state index contributed by atoms with van der Waals surface area (Å²) in [6, 6.07) is 8.76. The molecule has 1 fully saturated rings. The Hall–Kier alpha value is -1.06. The van der Waals surface area contributed by atoms with Gasteiger partial charge in [-0.3, -0.25) is 0 Å². The van der Waals surface area contributed by atoms with E-state index in [4.69, 9.17) is 4.74 Å². The maximum Gasteiger partial charge on any atom is 0.124 e. The molecule has 2 aliphatic rings. The van der Waals surface area contributed by atoms with Crippen molar-refractivity contribution >= 4 is 0 Å². The standard InChI is InChI=1S/C18H27NO2/c1-18(2)12-15(13-8-6-7-11-17(13)21-18)19-14-9-4-3-5-10-16(14)20/h6-8,11,14-16,19-20H,3-5,9-10,12H2,1-2H3. The highest BCUT2D eigenvalue weighted by Crippen LogP contribution is 2.40. The third-order valence-corrected chi connectivity index (χ3v) is 4.77. The average Bonchev–Trinajstić information content (AvgIpc) is 2.63. The van der Waals surface area contributed by atoms with Crippen molar-refractivity contribution in [1.82, 2.24) is 5.32 Å². The lowest BCUT2D eigenvalue weighted by Gasteiger charge is -2.40. The number of aliphatic hydroxyl groups excluding tert-OH is 1. The second-order valence-electron chi connectivity index (χ2n) is 7.13. The summed E-state index contributed by atoms with van der Waals surface area (Å²) in [7, 11) is 0. The summed E-state index contributed by atoms with van der Waals surface area (Å²) in [6.07, 6.45) is 6.31. The monoisotopic (exact) mass is 289 g/mol. The summed E-state index contributed by atoms with van der Waals surface area (Å²) in [6.45, 7) is 4.28. The maximum absolute atomic E-state index is 10.4. The molecule has 3 nitrogen and oxygen atoms in total. The van der Waals surface area contributed by atoms with E-state index in [0.29, 0.717) is 0 Å². The van der Waals surface area contributed by atoms with Gasteiger partial charge in [-0.2, -0.15) is 0 Å². The molecule has 116 valence electrons. The van der Waals surface area contributed by atoms with Crippen LogP contribution in [-0.4, -0.2) is 22.9 Å². The molecule has 3 rings (SSSR count). The van der Waals surface area contributed by atoms with Crippen LogP contribution in [0.2, 0.25) is 0 Å². The van der Waals surface area contributed by atoms with Crippen molar-refractivity contribution in [2.75, 3.05) is 0 Å². The van der Waals surface area contributed by atoms with Crippen molar-refractivity contribution < 1.29 is 9.84 Å². The number of ether oxygens (including phenoxy) is 1. The van der Waals surface area contributed by atoms with Crippen LogP contribution in [0.1, 0.15) is 64.0 Å². The summed E-state index contributed by atoms with van der Waals surface area (Å²) in [5, 5.41) is 14.1. The third kappa shape index (κ3) is 3.41. The first-order chi connectivity index (χ1) is 10.1. The van der Waals surface area contributed by atoms with Crippen LogP contribution in [0.5, 0.6) is 5.75 Å². The van der Waals surface area contributed by atoms with E-state index in [1.54, 1.807) is 0 Å². The number of nitrogens with one attached hydrogen (secondary N) is 1. The number of rotatable bonds is 2. The fourth-order valence-corrected chi connectivity index (χ4v) is 3.69. The lowest BCUT2D eigenvalue weighted by atomic mass is 9.88. The molecule has 0 spiro atoms. The molecule has 0 radical (unpaired) electrons. The summed E-state index contributed by atoms with van der Waals surface area (Å²) in [5.41, 5.74) is 1.06. The second kappa shape index (κ2) is 5.98. The minimum absolute atomic E-state index is 0.165. The number of aliphatic hydroxyl groups is 1. The number of hydrogen-bond donors (Lipinski definition) is 2. The fourth-order valence-electron chi connectivity index (χ4n) is 3.69. The molecule has 0 bridgehead atoms. The Labute approximate surface area is 127 Å². The van der Waals surface area contributed by atoms with Crippen LogP contribution in [0.3, 0.4) is 0 Å². The van der Waals surface area contributed by atoms with Crippen molar-refractivity contribution in [2.24, 2.45) is 0 Å². The van der Waals surface area contributed by atoms with Crippen LogP contribution in [0, 0.1) is 0 Å². The van der Waals surface area contributed by atoms with Gasteiger partial charge in [0.1, 0.15) is 11.4 Å². The molecule has 2 N–H and O–H groups in total. The molecule has 1 saturated carbocycles. The fraction of sp³-hybridized carbons (Fsp3) is 0.667. The number of hydrogen-bond acceptors (Lipinski definition) is 3. The van der Waals surface area contributed by atoms with Gasteiger partial charge in [-0.1, -0.05) is 37.5 Å². The zero-order chi connectivity index (χ0) is 14.9. The van der Waals surface area contributed by atoms with Crippen molar-refractivity contribution in [2.45, 2.75) is 76.2 Å². The molecular formula is C18H27NO2. The van der Waals surface area contributed by atoms with Crippen LogP contribution >= 0.6 is 0 Å². The van der Waals surface area contributed by atoms with Gasteiger partial charge in [-0.25, -0.2) is 0 Å². The van der Waals surface area contributed by atoms with E-state index in [1.165, 1.54) is 18.4 Å². The first kappa shape index (κ1) is 14.9. The Kier molecular flexibility index (Phi) is 4.23. The van der Waals surface area contributed by atoms with Crippen molar-refractivity contribution in [3.05, 3.63) is 29.8 Å². The quantitative estimate of drug-likeness (QED) is 0.818. The highest BCUT2D eigenvalue weighted by Gasteiger charge is 2.35. The van der Waals surface area contributed by atoms with Gasteiger partial charge in [-0.15, -0.1) is 0 Å². The highest BCUT2D eigenvalue weighted by molar-refractivity contribution is 5.38. The smallest absolute Gasteiger partial charge is 0.124 e. The largest absolute Gasteiger partial charge is 0.487 e. The third-order valence-electron chi connectivity index (χ3n) is 4.77. The van der Waals surface area contributed by atoms with Crippen molar-refractivity contribution in [3.63, 3.8) is 0 Å². The first-order valence-corrected chi connectivity index (χ1v) is 8.27. The summed E-state index contributed by atoms with van der Waals surface area (Å²) in [5.74, 6) is 0.981. The summed E-state index contributed by atoms with van der Waals surface area (Å²) in [4.78, 5) is 0.